The number of hydrogen-bond acceptors (Lipinski definition) is 6. The van der Waals surface area contributed by atoms with Crippen LogP contribution in [0.25, 0.3) is 0 Å². The van der Waals surface area contributed by atoms with Gasteiger partial charge in [-0.05, 0) is 0 Å². The quantitative estimate of drug-likeness (QED) is 0.319. The van der Waals surface area contributed by atoms with Gasteiger partial charge in [-0.3, -0.25) is 0 Å². The number of carboxylic acids is 2. The molecule has 0 saturated carbocycles. The van der Waals surface area contributed by atoms with Gasteiger partial charge in [-0.15, -0.1) is 0 Å². The molecule has 0 bridgehead atoms. The van der Waals surface area contributed by atoms with Crippen LogP contribution in [0.15, 0.2) is 0 Å². The molecule has 0 rings (SSSR count). The topological polar surface area (TPSA) is 118 Å². The molecule has 0 saturated heterocycles. The Hall–Kier alpha value is 0.846. The second-order valence-corrected chi connectivity index (χ2v) is 2.66. The second-order valence-electron chi connectivity index (χ2n) is 1.50. The molecule has 0 fully saturated rings. The Kier molecular flexibility index (Phi) is 9.28. The van der Waals surface area contributed by atoms with Crippen LogP contribution in [0.1, 0.15) is 0 Å². The third-order valence-electron chi connectivity index (χ3n) is 0.671. The van der Waals surface area contributed by atoms with E-state index >= 15 is 0 Å². The molecule has 0 spiro atoms. The second kappa shape index (κ2) is 7.27. The van der Waals surface area contributed by atoms with Crippen molar-refractivity contribution in [2.75, 3.05) is 0 Å². The van der Waals surface area contributed by atoms with E-state index in [9.17, 15) is 14.7 Å². The Morgan fingerprint density at radius 2 is 1.67 bits per heavy atom. The molecule has 0 aromatic carbocycles. The van der Waals surface area contributed by atoms with Crippen LogP contribution < -0.4 is 56.5 Å². The van der Waals surface area contributed by atoms with Gasteiger partial charge in [0.2, 0.25) is 5.44 Å². The molecule has 6 nitrogen and oxygen atoms in total. The van der Waals surface area contributed by atoms with Gasteiger partial charge < -0.3 is 25.2 Å². The fourth-order valence-corrected chi connectivity index (χ4v) is 0.708. The number of aliphatic carboxylic acids is 2. The molecule has 2 unspecified atom stereocenters. The number of carbonyl (C=O) groups excluding carboxylic acids is 1. The number of rotatable bonds is 4. The Balaban J connectivity index is 0. The van der Waals surface area contributed by atoms with E-state index in [1.807, 2.05) is 0 Å². The minimum atomic E-state index is -2.03. The molecular weight excluding hydrogens is 215 g/mol. The SMILES string of the molecule is O=C([O-])C(O)SC(O)C(=O)O.[K+]. The van der Waals surface area contributed by atoms with Gasteiger partial charge >= 0.3 is 57.4 Å². The van der Waals surface area contributed by atoms with E-state index in [-0.39, 0.29) is 63.1 Å². The molecule has 0 amide bonds. The zero-order chi connectivity index (χ0) is 9.02. The first-order chi connectivity index (χ1) is 4.95. The van der Waals surface area contributed by atoms with Crippen LogP contribution in [0.5, 0.6) is 0 Å². The van der Waals surface area contributed by atoms with Crippen LogP contribution in [0.3, 0.4) is 0 Å². The van der Waals surface area contributed by atoms with Crippen molar-refractivity contribution in [1.29, 1.82) is 0 Å². The summed E-state index contributed by atoms with van der Waals surface area (Å²) in [5.41, 5.74) is -3.98. The van der Waals surface area contributed by atoms with Gasteiger partial charge in [-0.2, -0.15) is 0 Å². The minimum Gasteiger partial charge on any atom is -0.546 e. The fourth-order valence-electron chi connectivity index (χ4n) is 0.236. The summed E-state index contributed by atoms with van der Waals surface area (Å²) in [5.74, 6) is -3.45. The summed E-state index contributed by atoms with van der Waals surface area (Å²) >= 11 is -0.0347. The molecule has 2 atom stereocenters. The summed E-state index contributed by atoms with van der Waals surface area (Å²) in [4.78, 5) is 19.6. The average molecular weight is 220 g/mol. The summed E-state index contributed by atoms with van der Waals surface area (Å²) < 4.78 is 0. The van der Waals surface area contributed by atoms with Gasteiger partial charge in [0.1, 0.15) is 5.44 Å². The van der Waals surface area contributed by atoms with Gasteiger partial charge in [0, 0.05) is 0 Å². The van der Waals surface area contributed by atoms with Crippen LogP contribution in [0, 0.1) is 0 Å². The summed E-state index contributed by atoms with van der Waals surface area (Å²) in [5, 5.41) is 34.7. The van der Waals surface area contributed by atoms with Crippen molar-refractivity contribution in [1.82, 2.24) is 0 Å². The molecule has 0 aliphatic carbocycles. The standard InChI is InChI=1S/C4H6O6S.K/c5-1(6)3(9)11-4(10)2(7)8;/h3-4,9-10H,(H,5,6)(H,7,8);/q;+1/p-1. The van der Waals surface area contributed by atoms with Crippen molar-refractivity contribution < 1.29 is 81.4 Å². The van der Waals surface area contributed by atoms with Crippen molar-refractivity contribution >= 4 is 23.7 Å². The predicted octanol–water partition coefficient (Wildman–Crippen LogP) is -5.81. The van der Waals surface area contributed by atoms with Crippen LogP contribution in [0.4, 0.5) is 0 Å². The average Bonchev–Trinajstić information content (AvgIpc) is 1.87. The van der Waals surface area contributed by atoms with Crippen molar-refractivity contribution in [2.24, 2.45) is 0 Å². The van der Waals surface area contributed by atoms with Crippen LogP contribution in [-0.2, 0) is 9.59 Å². The predicted molar refractivity (Wildman–Crippen MR) is 32.2 cm³/mol. The first-order valence-electron chi connectivity index (χ1n) is 2.40. The molecular formula is C4H5KO6S. The van der Waals surface area contributed by atoms with E-state index in [0.717, 1.165) is 0 Å². The Morgan fingerprint density at radius 3 is 1.92 bits per heavy atom. The van der Waals surface area contributed by atoms with Crippen molar-refractivity contribution in [3.05, 3.63) is 0 Å². The van der Waals surface area contributed by atoms with Crippen LogP contribution in [-0.4, -0.2) is 38.1 Å². The molecule has 8 heteroatoms. The maximum atomic E-state index is 9.86. The number of hydrogen-bond donors (Lipinski definition) is 3. The summed E-state index contributed by atoms with van der Waals surface area (Å²) in [6.45, 7) is 0. The smallest absolute Gasteiger partial charge is 0.546 e. The van der Waals surface area contributed by atoms with Gasteiger partial charge in [0.15, 0.2) is 0 Å². The summed E-state index contributed by atoms with van der Waals surface area (Å²) in [6.07, 6.45) is 0. The van der Waals surface area contributed by atoms with Crippen LogP contribution >= 0.6 is 11.8 Å². The molecule has 0 radical (unpaired) electrons. The monoisotopic (exact) mass is 220 g/mol. The first-order valence-corrected chi connectivity index (χ1v) is 3.34. The van der Waals surface area contributed by atoms with E-state index in [2.05, 4.69) is 0 Å². The van der Waals surface area contributed by atoms with Gasteiger partial charge in [-0.1, -0.05) is 11.8 Å². The van der Waals surface area contributed by atoms with Crippen LogP contribution in [0.2, 0.25) is 0 Å². The number of carboxylic acid groups (broad SMARTS) is 2. The Labute approximate surface area is 114 Å². The van der Waals surface area contributed by atoms with E-state index in [1.165, 1.54) is 0 Å². The Morgan fingerprint density at radius 1 is 1.25 bits per heavy atom. The molecule has 3 N–H and O–H groups in total. The maximum Gasteiger partial charge on any atom is 1.00 e. The fraction of sp³-hybridized carbons (Fsp3) is 0.500. The van der Waals surface area contributed by atoms with E-state index in [0.29, 0.717) is 0 Å². The number of thioether (sulfide) groups is 1. The maximum absolute atomic E-state index is 9.86. The van der Waals surface area contributed by atoms with Gasteiger partial charge in [-0.25, -0.2) is 4.79 Å². The molecule has 0 aliphatic heterocycles. The number of aliphatic hydroxyl groups excluding tert-OH is 2. The number of carbonyl (C=O) groups is 2. The zero-order valence-electron chi connectivity index (χ0n) is 6.13. The summed E-state index contributed by atoms with van der Waals surface area (Å²) in [7, 11) is 0. The molecule has 64 valence electrons. The summed E-state index contributed by atoms with van der Waals surface area (Å²) in [6, 6.07) is 0. The third-order valence-corrected chi connectivity index (χ3v) is 1.58. The molecule has 0 aliphatic rings. The van der Waals surface area contributed by atoms with Crippen molar-refractivity contribution in [3.8, 4) is 0 Å². The van der Waals surface area contributed by atoms with E-state index in [4.69, 9.17) is 15.3 Å². The number of aliphatic hydroxyl groups is 2. The van der Waals surface area contributed by atoms with Crippen molar-refractivity contribution in [3.63, 3.8) is 0 Å². The largest absolute Gasteiger partial charge is 1.00 e. The molecule has 0 aromatic heterocycles. The zero-order valence-corrected chi connectivity index (χ0v) is 10.1. The Bertz CT molecular complexity index is 155. The minimum absolute atomic E-state index is 0. The molecule has 0 aromatic rings. The van der Waals surface area contributed by atoms with Gasteiger partial charge in [0.05, 0.1) is 5.97 Å². The third kappa shape index (κ3) is 6.37. The van der Waals surface area contributed by atoms with Gasteiger partial charge in [0.25, 0.3) is 0 Å². The first kappa shape index (κ1) is 15.3. The normalized spacial score (nSPS) is 14.2. The van der Waals surface area contributed by atoms with E-state index in [1.54, 1.807) is 0 Å². The molecule has 0 heterocycles. The molecule has 12 heavy (non-hydrogen) atoms. The van der Waals surface area contributed by atoms with Crippen molar-refractivity contribution in [2.45, 2.75) is 10.9 Å². The van der Waals surface area contributed by atoms with E-state index < -0.39 is 22.8 Å².